The van der Waals surface area contributed by atoms with Crippen molar-refractivity contribution >= 4 is 5.78 Å². The number of carbonyl (C=O) groups is 1. The van der Waals surface area contributed by atoms with E-state index in [1.165, 1.54) is 0 Å². The van der Waals surface area contributed by atoms with E-state index < -0.39 is 11.0 Å². The number of carbonyl (C=O) groups excluding carboxylic acids is 1. The molecule has 1 saturated heterocycles. The summed E-state index contributed by atoms with van der Waals surface area (Å²) in [6.07, 6.45) is 2.91. The van der Waals surface area contributed by atoms with Crippen LogP contribution < -0.4 is 5.32 Å². The Labute approximate surface area is 123 Å². The summed E-state index contributed by atoms with van der Waals surface area (Å²) < 4.78 is 0. The topological polar surface area (TPSA) is 101 Å². The van der Waals surface area contributed by atoms with Crippen molar-refractivity contribution < 1.29 is 20.5 Å². The molecule has 5 heteroatoms. The van der Waals surface area contributed by atoms with Gasteiger partial charge < -0.3 is 21.0 Å². The number of nitrogens with one attached hydrogen (secondary N) is 1. The Morgan fingerprint density at radius 1 is 1.29 bits per heavy atom. The molecule has 0 aromatic heterocycles. The second-order valence-electron chi connectivity index (χ2n) is 6.52. The van der Waals surface area contributed by atoms with E-state index in [1.807, 2.05) is 6.07 Å². The van der Waals surface area contributed by atoms with Crippen molar-refractivity contribution in [2.75, 3.05) is 6.54 Å². The number of piperidine rings is 1. The van der Waals surface area contributed by atoms with E-state index in [4.69, 9.17) is 0 Å². The van der Waals surface area contributed by atoms with Gasteiger partial charge in [0.15, 0.2) is 0 Å². The number of phenolic OH excluding ortho intramolecular Hbond substituents is 1. The maximum Gasteiger partial charge on any atom is 0.134 e. The minimum atomic E-state index is -0.861. The van der Waals surface area contributed by atoms with Crippen LogP contribution in [0.2, 0.25) is 0 Å². The molecule has 0 amide bonds. The van der Waals surface area contributed by atoms with Gasteiger partial charge in [0, 0.05) is 24.3 Å². The van der Waals surface area contributed by atoms with Crippen molar-refractivity contribution in [2.45, 2.75) is 49.2 Å². The van der Waals surface area contributed by atoms with Crippen LogP contribution >= 0.6 is 0 Å². The fourth-order valence-electron chi connectivity index (χ4n) is 4.70. The number of aliphatic hydroxyl groups is 1. The van der Waals surface area contributed by atoms with Crippen LogP contribution in [-0.4, -0.2) is 39.7 Å². The lowest BCUT2D eigenvalue weighted by molar-refractivity contribution is -0.149. The van der Waals surface area contributed by atoms with E-state index in [9.17, 15) is 15.0 Å². The predicted octanol–water partition coefficient (Wildman–Crippen LogP) is 0.207. The van der Waals surface area contributed by atoms with Crippen LogP contribution in [0, 0.1) is 0 Å². The molecule has 1 aromatic carbocycles. The largest absolute Gasteiger partial charge is 0.508 e. The molecule has 5 N–H and O–H groups in total. The van der Waals surface area contributed by atoms with E-state index in [0.717, 1.165) is 30.5 Å². The molecular formula is C16H21NO4. The molecule has 1 saturated carbocycles. The number of hydrogen-bond donors (Lipinski definition) is 3. The van der Waals surface area contributed by atoms with E-state index >= 15 is 0 Å². The maximum atomic E-state index is 12.1. The van der Waals surface area contributed by atoms with Gasteiger partial charge in [-0.3, -0.25) is 4.79 Å². The van der Waals surface area contributed by atoms with Gasteiger partial charge in [-0.1, -0.05) is 6.07 Å². The zero-order valence-electron chi connectivity index (χ0n) is 11.9. The highest BCUT2D eigenvalue weighted by Crippen LogP contribution is 2.55. The van der Waals surface area contributed by atoms with Gasteiger partial charge in [-0.05, 0) is 49.1 Å². The summed E-state index contributed by atoms with van der Waals surface area (Å²) in [6.45, 7) is 0.815. The Morgan fingerprint density at radius 2 is 2.10 bits per heavy atom. The third-order valence-corrected chi connectivity index (χ3v) is 5.66. The lowest BCUT2D eigenvalue weighted by Gasteiger charge is -2.60. The third-order valence-electron chi connectivity index (χ3n) is 5.66. The monoisotopic (exact) mass is 291 g/mol. The number of hydrogen-bond acceptors (Lipinski definition) is 4. The van der Waals surface area contributed by atoms with Crippen LogP contribution in [0.4, 0.5) is 0 Å². The molecule has 2 aliphatic carbocycles. The van der Waals surface area contributed by atoms with Crippen molar-refractivity contribution in [2.24, 2.45) is 0 Å². The molecule has 0 spiro atoms. The molecule has 3 atom stereocenters. The van der Waals surface area contributed by atoms with Crippen LogP contribution in [0.1, 0.15) is 36.8 Å². The smallest absolute Gasteiger partial charge is 0.134 e. The molecule has 1 aliphatic heterocycles. The van der Waals surface area contributed by atoms with Gasteiger partial charge in [0.2, 0.25) is 0 Å². The second-order valence-corrected chi connectivity index (χ2v) is 6.52. The van der Waals surface area contributed by atoms with Crippen molar-refractivity contribution in [3.8, 4) is 5.75 Å². The molecule has 3 aliphatic rings. The maximum absolute atomic E-state index is 12.1. The molecule has 0 radical (unpaired) electrons. The summed E-state index contributed by atoms with van der Waals surface area (Å²) in [4.78, 5) is 12.1. The Morgan fingerprint density at radius 3 is 2.90 bits per heavy atom. The minimum absolute atomic E-state index is 0. The highest BCUT2D eigenvalue weighted by atomic mass is 16.3. The Balaban J connectivity index is 0.00000132. The molecule has 1 heterocycles. The predicted molar refractivity (Wildman–Crippen MR) is 77.3 cm³/mol. The zero-order chi connectivity index (χ0) is 14.0. The summed E-state index contributed by atoms with van der Waals surface area (Å²) in [7, 11) is 0. The highest BCUT2D eigenvalue weighted by Gasteiger charge is 2.62. The lowest BCUT2D eigenvalue weighted by Crippen LogP contribution is -2.72. The van der Waals surface area contributed by atoms with Gasteiger partial charge in [0.25, 0.3) is 0 Å². The molecule has 114 valence electrons. The van der Waals surface area contributed by atoms with Crippen LogP contribution in [-0.2, 0) is 16.6 Å². The van der Waals surface area contributed by atoms with Crippen LogP contribution in [0.5, 0.6) is 5.75 Å². The number of phenols is 1. The summed E-state index contributed by atoms with van der Waals surface area (Å²) in [5.74, 6) is 0.446. The number of ketones is 1. The number of aromatic hydroxyl groups is 1. The standard InChI is InChI=1S/C16H19NO3.H2O/c18-11-2-1-10-7-14-16(20)4-3-12(19)9-15(16,5-6-17-14)13(10)8-11;/h1-2,8,14,17-18,20H,3-7,9H2;1H2/t14-,15-,16-;/m1./s1. The van der Waals surface area contributed by atoms with Gasteiger partial charge in [0.05, 0.1) is 5.60 Å². The summed E-state index contributed by atoms with van der Waals surface area (Å²) in [5.41, 5.74) is 0.773. The van der Waals surface area contributed by atoms with Crippen molar-refractivity contribution in [1.29, 1.82) is 0 Å². The Kier molecular flexibility index (Phi) is 3.13. The first-order chi connectivity index (χ1) is 9.55. The zero-order valence-corrected chi connectivity index (χ0v) is 11.9. The summed E-state index contributed by atoms with van der Waals surface area (Å²) in [6, 6.07) is 5.41. The van der Waals surface area contributed by atoms with Crippen molar-refractivity contribution in [3.05, 3.63) is 29.3 Å². The van der Waals surface area contributed by atoms with Crippen LogP contribution in [0.25, 0.3) is 0 Å². The molecular weight excluding hydrogens is 270 g/mol. The number of fused-ring (bicyclic) bond motifs is 1. The number of rotatable bonds is 0. The molecule has 4 rings (SSSR count). The van der Waals surface area contributed by atoms with E-state index in [2.05, 4.69) is 5.32 Å². The van der Waals surface area contributed by atoms with Gasteiger partial charge in [0.1, 0.15) is 11.5 Å². The first-order valence-corrected chi connectivity index (χ1v) is 7.35. The Hall–Kier alpha value is -1.43. The van der Waals surface area contributed by atoms with Crippen molar-refractivity contribution in [1.82, 2.24) is 5.32 Å². The number of benzene rings is 1. The Bertz CT molecular complexity index is 602. The van der Waals surface area contributed by atoms with Gasteiger partial charge in [-0.25, -0.2) is 0 Å². The molecule has 1 aromatic rings. The average Bonchev–Trinajstić information content (AvgIpc) is 2.41. The quantitative estimate of drug-likeness (QED) is 0.636. The molecule has 2 bridgehead atoms. The molecule has 2 fully saturated rings. The van der Waals surface area contributed by atoms with Gasteiger partial charge in [-0.15, -0.1) is 0 Å². The van der Waals surface area contributed by atoms with E-state index in [1.54, 1.807) is 12.1 Å². The van der Waals surface area contributed by atoms with E-state index in [0.29, 0.717) is 19.3 Å². The van der Waals surface area contributed by atoms with Gasteiger partial charge >= 0.3 is 0 Å². The molecule has 0 unspecified atom stereocenters. The number of Topliss-reactive ketones (excluding diaryl/α,β-unsaturated/α-hetero) is 1. The van der Waals surface area contributed by atoms with Gasteiger partial charge in [-0.2, -0.15) is 0 Å². The fourth-order valence-corrected chi connectivity index (χ4v) is 4.70. The van der Waals surface area contributed by atoms with E-state index in [-0.39, 0.29) is 23.1 Å². The fraction of sp³-hybridized carbons (Fsp3) is 0.562. The average molecular weight is 291 g/mol. The van der Waals surface area contributed by atoms with Crippen LogP contribution in [0.3, 0.4) is 0 Å². The molecule has 5 nitrogen and oxygen atoms in total. The minimum Gasteiger partial charge on any atom is -0.508 e. The third kappa shape index (κ3) is 1.71. The second kappa shape index (κ2) is 4.53. The van der Waals surface area contributed by atoms with Crippen molar-refractivity contribution in [3.63, 3.8) is 0 Å². The normalized spacial score (nSPS) is 37.2. The lowest BCUT2D eigenvalue weighted by atomic mass is 9.50. The first-order valence-electron chi connectivity index (χ1n) is 7.35. The molecule has 21 heavy (non-hydrogen) atoms. The summed E-state index contributed by atoms with van der Waals surface area (Å²) in [5, 5.41) is 24.6. The highest BCUT2D eigenvalue weighted by molar-refractivity contribution is 5.82. The summed E-state index contributed by atoms with van der Waals surface area (Å²) >= 11 is 0. The SMILES string of the molecule is O.O=C1CC[C@@]2(O)[C@H]3Cc4ccc(O)cc4[C@@]2(CCN3)C1. The first kappa shape index (κ1) is 14.5. The van der Waals surface area contributed by atoms with Crippen LogP contribution in [0.15, 0.2) is 18.2 Å².